The van der Waals surface area contributed by atoms with Crippen LogP contribution in [-0.2, 0) is 33.3 Å². The summed E-state index contributed by atoms with van der Waals surface area (Å²) in [5.41, 5.74) is 0. The van der Waals surface area contributed by atoms with Gasteiger partial charge < -0.3 is 33.3 Å². The third-order valence-electron chi connectivity index (χ3n) is 14.5. The van der Waals surface area contributed by atoms with Crippen molar-refractivity contribution in [3.8, 4) is 0 Å². The molecule has 0 aliphatic rings. The molecule has 0 aromatic rings. The van der Waals surface area contributed by atoms with Crippen molar-refractivity contribution in [3.05, 3.63) is 109 Å². The summed E-state index contributed by atoms with van der Waals surface area (Å²) in [7, 11) is 5.92. The fourth-order valence-electron chi connectivity index (χ4n) is 9.31. The lowest BCUT2D eigenvalue weighted by Gasteiger charge is -2.26. The molecule has 2 atom stereocenters. The molecule has 476 valence electrons. The molecule has 0 N–H and O–H groups in total. The predicted octanol–water partition coefficient (Wildman–Crippen LogP) is 19.7. The second-order valence-corrected chi connectivity index (χ2v) is 23.7. The molecule has 0 bridgehead atoms. The highest BCUT2D eigenvalue weighted by Gasteiger charge is 2.22. The van der Waals surface area contributed by atoms with Gasteiger partial charge in [0.2, 0.25) is 0 Å². The highest BCUT2D eigenvalue weighted by molar-refractivity contribution is 5.70. The first kappa shape index (κ1) is 79.0. The lowest BCUT2D eigenvalue weighted by Crippen LogP contribution is -2.44. The Labute approximate surface area is 511 Å². The third-order valence-corrected chi connectivity index (χ3v) is 14.5. The number of nitrogens with zero attached hydrogens (tertiary/aromatic N) is 1. The molecule has 0 fully saturated rings. The molecule has 0 saturated carbocycles. The first-order valence-electron chi connectivity index (χ1n) is 34.0. The van der Waals surface area contributed by atoms with Gasteiger partial charge in [-0.3, -0.25) is 9.59 Å². The SMILES string of the molecule is CC/C=C\C/C=C\C/C=C\C/C=C\C/C=C\C/C=C\CCCCCCCCCCC(=O)OC(COC(=O)CCCCCCCCCCCCCCCCCC/C=C\C/C=C\C/C=C\CCCCCCC)COC(OCC[N+](C)(C)C)C(=O)[O-]. The number of carbonyl (C=O) groups is 3. The zero-order chi connectivity index (χ0) is 60.5. The van der Waals surface area contributed by atoms with Crippen molar-refractivity contribution in [2.75, 3.05) is 47.5 Å². The Morgan fingerprint density at radius 3 is 1.02 bits per heavy atom. The monoisotopic (exact) mass is 1160 g/mol. The van der Waals surface area contributed by atoms with E-state index in [4.69, 9.17) is 18.9 Å². The number of carboxylic acids is 1. The van der Waals surface area contributed by atoms with Crippen LogP contribution in [-0.4, -0.2) is 82.3 Å². The Hall–Kier alpha value is -4.05. The highest BCUT2D eigenvalue weighted by Crippen LogP contribution is 2.17. The van der Waals surface area contributed by atoms with E-state index < -0.39 is 24.3 Å². The van der Waals surface area contributed by atoms with Gasteiger partial charge in [0.05, 0.1) is 40.3 Å². The summed E-state index contributed by atoms with van der Waals surface area (Å²) in [5, 5.41) is 11.8. The smallest absolute Gasteiger partial charge is 0.306 e. The summed E-state index contributed by atoms with van der Waals surface area (Å²) in [4.78, 5) is 37.5. The van der Waals surface area contributed by atoms with E-state index in [1.54, 1.807) is 0 Å². The molecular weight excluding hydrogens is 1030 g/mol. The van der Waals surface area contributed by atoms with Crippen molar-refractivity contribution in [2.24, 2.45) is 0 Å². The number of likely N-dealkylation sites (N-methyl/N-ethyl adjacent to an activating group) is 1. The molecular formula is C74H127NO8. The first-order valence-corrected chi connectivity index (χ1v) is 34.0. The topological polar surface area (TPSA) is 111 Å². The van der Waals surface area contributed by atoms with Crippen molar-refractivity contribution >= 4 is 17.9 Å². The van der Waals surface area contributed by atoms with Crippen LogP contribution in [0.1, 0.15) is 284 Å². The molecule has 2 unspecified atom stereocenters. The largest absolute Gasteiger partial charge is 0.545 e. The number of aliphatic carboxylic acids is 1. The van der Waals surface area contributed by atoms with Gasteiger partial charge in [0, 0.05) is 12.8 Å². The van der Waals surface area contributed by atoms with Gasteiger partial charge in [0.15, 0.2) is 12.4 Å². The Morgan fingerprint density at radius 1 is 0.373 bits per heavy atom. The van der Waals surface area contributed by atoms with E-state index >= 15 is 0 Å². The van der Waals surface area contributed by atoms with Crippen LogP contribution >= 0.6 is 0 Å². The lowest BCUT2D eigenvalue weighted by atomic mass is 10.0. The van der Waals surface area contributed by atoms with Crippen LogP contribution in [0.3, 0.4) is 0 Å². The van der Waals surface area contributed by atoms with Crippen LogP contribution in [0.5, 0.6) is 0 Å². The van der Waals surface area contributed by atoms with Crippen molar-refractivity contribution in [1.29, 1.82) is 0 Å². The molecule has 83 heavy (non-hydrogen) atoms. The number of carbonyl (C=O) groups excluding carboxylic acids is 3. The van der Waals surface area contributed by atoms with E-state index in [0.29, 0.717) is 17.4 Å². The van der Waals surface area contributed by atoms with Crippen LogP contribution in [0.25, 0.3) is 0 Å². The molecule has 0 rings (SSSR count). The molecule has 0 aliphatic carbocycles. The van der Waals surface area contributed by atoms with E-state index in [1.807, 2.05) is 21.1 Å². The molecule has 0 heterocycles. The van der Waals surface area contributed by atoms with Crippen LogP contribution in [0.2, 0.25) is 0 Å². The number of quaternary nitrogens is 1. The van der Waals surface area contributed by atoms with Gasteiger partial charge in [-0.2, -0.15) is 0 Å². The number of hydrogen-bond acceptors (Lipinski definition) is 8. The average molecular weight is 1160 g/mol. The summed E-state index contributed by atoms with van der Waals surface area (Å²) < 4.78 is 22.8. The van der Waals surface area contributed by atoms with E-state index in [2.05, 4.69) is 123 Å². The van der Waals surface area contributed by atoms with E-state index in [0.717, 1.165) is 96.3 Å². The molecule has 0 aromatic carbocycles. The lowest BCUT2D eigenvalue weighted by molar-refractivity contribution is -0.870. The molecule has 0 aliphatic heterocycles. The third kappa shape index (κ3) is 65.3. The molecule has 0 radical (unpaired) electrons. The van der Waals surface area contributed by atoms with E-state index in [-0.39, 0.29) is 38.6 Å². The van der Waals surface area contributed by atoms with Gasteiger partial charge in [-0.25, -0.2) is 0 Å². The number of esters is 2. The second-order valence-electron chi connectivity index (χ2n) is 23.7. The quantitative estimate of drug-likeness (QED) is 0.0195. The number of hydrogen-bond donors (Lipinski definition) is 0. The number of ether oxygens (including phenoxy) is 4. The van der Waals surface area contributed by atoms with Crippen LogP contribution in [0.4, 0.5) is 0 Å². The summed E-state index contributed by atoms with van der Waals surface area (Å²) in [6.07, 6.45) is 85.8. The standard InChI is InChI=1S/C74H127NO8/c1-6-8-10-12-14-16-18-20-22-24-26-28-30-32-34-35-36-37-39-40-42-44-46-48-50-52-54-56-58-60-62-64-71(76)81-68-70(69-82-74(73(78)79)80-67-66-75(3,4)5)83-72(77)65-63-61-59-57-55-53-51-49-47-45-43-41-38-33-31-29-27-25-23-21-19-17-15-13-11-9-7-2/h9,11,15,17-18,20-21,23-24,26-27,29-30,32-33,38,43,45,70,74H,6-8,10,12-14,16,19,22,25,28,31,34-37,39-42,44,46-69H2,1-5H3/b11-9-,17-15-,20-18-,23-21-,26-24-,29-27-,32-30-,38-33-,45-43-. The summed E-state index contributed by atoms with van der Waals surface area (Å²) >= 11 is 0. The number of carboxylic acid groups (broad SMARTS) is 1. The normalized spacial score (nSPS) is 13.4. The minimum absolute atomic E-state index is 0.141. The molecule has 9 nitrogen and oxygen atoms in total. The predicted molar refractivity (Wildman–Crippen MR) is 352 cm³/mol. The maximum absolute atomic E-state index is 12.9. The summed E-state index contributed by atoms with van der Waals surface area (Å²) in [6, 6.07) is 0. The number of rotatable bonds is 62. The Balaban J connectivity index is 4.16. The maximum atomic E-state index is 12.9. The number of allylic oxidation sites excluding steroid dienone is 18. The second kappa shape index (κ2) is 64.0. The number of unbranched alkanes of at least 4 members (excludes halogenated alkanes) is 29. The van der Waals surface area contributed by atoms with Gasteiger partial charge in [-0.05, 0) is 103 Å². The van der Waals surface area contributed by atoms with Gasteiger partial charge in [0.1, 0.15) is 13.2 Å². The first-order chi connectivity index (χ1) is 40.6. The van der Waals surface area contributed by atoms with Crippen LogP contribution in [0, 0.1) is 0 Å². The highest BCUT2D eigenvalue weighted by atomic mass is 16.7. The fraction of sp³-hybridized carbons (Fsp3) is 0.716. The fourth-order valence-corrected chi connectivity index (χ4v) is 9.31. The zero-order valence-corrected chi connectivity index (χ0v) is 54.3. The molecule has 0 aromatic heterocycles. The van der Waals surface area contributed by atoms with Crippen molar-refractivity contribution in [2.45, 2.75) is 296 Å². The minimum atomic E-state index is -1.63. The zero-order valence-electron chi connectivity index (χ0n) is 54.3. The molecule has 0 saturated heterocycles. The van der Waals surface area contributed by atoms with Gasteiger partial charge >= 0.3 is 11.9 Å². The Bertz CT molecular complexity index is 1730. The van der Waals surface area contributed by atoms with Crippen molar-refractivity contribution < 1.29 is 42.9 Å². The molecule has 9 heteroatoms. The van der Waals surface area contributed by atoms with Crippen molar-refractivity contribution in [3.63, 3.8) is 0 Å². The van der Waals surface area contributed by atoms with Gasteiger partial charge in [-0.15, -0.1) is 0 Å². The Kier molecular flexibility index (Phi) is 60.8. The minimum Gasteiger partial charge on any atom is -0.545 e. The summed E-state index contributed by atoms with van der Waals surface area (Å²) in [6.45, 7) is 4.63. The molecule has 0 amide bonds. The average Bonchev–Trinajstić information content (AvgIpc) is 3.46. The Morgan fingerprint density at radius 2 is 0.687 bits per heavy atom. The molecule has 0 spiro atoms. The maximum Gasteiger partial charge on any atom is 0.306 e. The van der Waals surface area contributed by atoms with Crippen LogP contribution in [0.15, 0.2) is 109 Å². The van der Waals surface area contributed by atoms with Gasteiger partial charge in [-0.1, -0.05) is 277 Å². The van der Waals surface area contributed by atoms with Crippen molar-refractivity contribution in [1.82, 2.24) is 0 Å². The van der Waals surface area contributed by atoms with Crippen LogP contribution < -0.4 is 5.11 Å². The van der Waals surface area contributed by atoms with Gasteiger partial charge in [0.25, 0.3) is 0 Å². The summed E-state index contributed by atoms with van der Waals surface area (Å²) in [5.74, 6) is -2.29. The van der Waals surface area contributed by atoms with E-state index in [1.165, 1.54) is 154 Å². The van der Waals surface area contributed by atoms with E-state index in [9.17, 15) is 19.5 Å².